The normalized spacial score (nSPS) is 17.6. The van der Waals surface area contributed by atoms with E-state index >= 15 is 0 Å². The van der Waals surface area contributed by atoms with Gasteiger partial charge in [-0.1, -0.05) is 12.8 Å². The number of thioether (sulfide) groups is 1. The molecule has 1 fully saturated rings. The molecule has 0 aliphatic heterocycles. The van der Waals surface area contributed by atoms with Crippen LogP contribution in [0.4, 0.5) is 5.69 Å². The minimum Gasteiger partial charge on any atom is -0.399 e. The summed E-state index contributed by atoms with van der Waals surface area (Å²) < 4.78 is 0.218. The highest BCUT2D eigenvalue weighted by Gasteiger charge is 2.33. The number of carbonyl (C=O) groups excluding carboxylic acids is 1. The fraction of sp³-hybridized carbons (Fsp3) is 0.538. The molecule has 1 aliphatic rings. The highest BCUT2D eigenvalue weighted by molar-refractivity contribution is 8.00. The maximum Gasteiger partial charge on any atom is 0.270 e. The molecule has 2 rings (SSSR count). The number of rotatable bonds is 4. The first-order valence-corrected chi connectivity index (χ1v) is 7.43. The summed E-state index contributed by atoms with van der Waals surface area (Å²) in [6, 6.07) is 3.28. The van der Waals surface area contributed by atoms with Crippen molar-refractivity contribution in [3.05, 3.63) is 24.0 Å². The third kappa shape index (κ3) is 2.96. The molecule has 0 bridgehead atoms. The Morgan fingerprint density at radius 2 is 2.28 bits per heavy atom. The van der Waals surface area contributed by atoms with Gasteiger partial charge in [0.2, 0.25) is 0 Å². The largest absolute Gasteiger partial charge is 0.399 e. The third-order valence-electron chi connectivity index (χ3n) is 3.54. The molecule has 3 N–H and O–H groups in total. The van der Waals surface area contributed by atoms with Crippen LogP contribution < -0.4 is 11.1 Å². The maximum absolute atomic E-state index is 12.0. The fourth-order valence-electron chi connectivity index (χ4n) is 2.38. The van der Waals surface area contributed by atoms with E-state index in [0.29, 0.717) is 17.9 Å². The van der Waals surface area contributed by atoms with Crippen LogP contribution in [-0.4, -0.2) is 28.4 Å². The predicted molar refractivity (Wildman–Crippen MR) is 75.7 cm³/mol. The lowest BCUT2D eigenvalue weighted by Crippen LogP contribution is -2.38. The molecule has 0 aromatic carbocycles. The van der Waals surface area contributed by atoms with Crippen LogP contribution in [-0.2, 0) is 0 Å². The number of nitrogens with zero attached hydrogens (tertiary/aromatic N) is 1. The smallest absolute Gasteiger partial charge is 0.270 e. The minimum absolute atomic E-state index is 0.136. The Bertz CT molecular complexity index is 430. The Kier molecular flexibility index (Phi) is 4.11. The van der Waals surface area contributed by atoms with Gasteiger partial charge in [-0.2, -0.15) is 11.8 Å². The molecule has 1 heterocycles. The molecular formula is C13H19N3OS. The SMILES string of the molecule is CSC1(CNC(=O)c2cc(N)ccn2)CCCC1. The van der Waals surface area contributed by atoms with Crippen LogP contribution in [0.25, 0.3) is 0 Å². The molecule has 0 spiro atoms. The van der Waals surface area contributed by atoms with Crippen LogP contribution in [0.15, 0.2) is 18.3 Å². The molecule has 0 saturated heterocycles. The number of anilines is 1. The quantitative estimate of drug-likeness (QED) is 0.874. The summed E-state index contributed by atoms with van der Waals surface area (Å²) in [6.45, 7) is 0.712. The summed E-state index contributed by atoms with van der Waals surface area (Å²) in [4.78, 5) is 16.0. The zero-order valence-corrected chi connectivity index (χ0v) is 11.4. The van der Waals surface area contributed by atoms with Gasteiger partial charge in [0.15, 0.2) is 0 Å². The van der Waals surface area contributed by atoms with Gasteiger partial charge in [-0.25, -0.2) is 0 Å². The van der Waals surface area contributed by atoms with Gasteiger partial charge in [-0.3, -0.25) is 9.78 Å². The van der Waals surface area contributed by atoms with Crippen LogP contribution >= 0.6 is 11.8 Å². The zero-order valence-electron chi connectivity index (χ0n) is 10.6. The summed E-state index contributed by atoms with van der Waals surface area (Å²) in [6.07, 6.45) is 8.55. The molecule has 0 unspecified atom stereocenters. The van der Waals surface area contributed by atoms with Crippen LogP contribution in [0.5, 0.6) is 0 Å². The molecule has 1 aliphatic carbocycles. The molecule has 1 aromatic heterocycles. The van der Waals surface area contributed by atoms with E-state index in [0.717, 1.165) is 0 Å². The number of nitrogen functional groups attached to an aromatic ring is 1. The van der Waals surface area contributed by atoms with Crippen LogP contribution in [0.1, 0.15) is 36.2 Å². The molecule has 18 heavy (non-hydrogen) atoms. The lowest BCUT2D eigenvalue weighted by molar-refractivity contribution is 0.0944. The number of hydrogen-bond acceptors (Lipinski definition) is 4. The molecule has 1 saturated carbocycles. The van der Waals surface area contributed by atoms with Gasteiger partial charge < -0.3 is 11.1 Å². The van der Waals surface area contributed by atoms with Gasteiger partial charge in [0.05, 0.1) is 0 Å². The zero-order chi connectivity index (χ0) is 13.0. The summed E-state index contributed by atoms with van der Waals surface area (Å²) in [7, 11) is 0. The highest BCUT2D eigenvalue weighted by atomic mass is 32.2. The summed E-state index contributed by atoms with van der Waals surface area (Å²) in [5.74, 6) is -0.136. The average Bonchev–Trinajstić information content (AvgIpc) is 2.85. The molecule has 0 atom stereocenters. The Morgan fingerprint density at radius 1 is 1.56 bits per heavy atom. The van der Waals surface area contributed by atoms with Crippen molar-refractivity contribution in [1.82, 2.24) is 10.3 Å². The van der Waals surface area contributed by atoms with E-state index in [1.807, 2.05) is 11.8 Å². The third-order valence-corrected chi connectivity index (χ3v) is 4.95. The number of pyridine rings is 1. The summed E-state index contributed by atoms with van der Waals surface area (Å²) in [5, 5.41) is 2.98. The molecule has 1 amide bonds. The average molecular weight is 265 g/mol. The highest BCUT2D eigenvalue weighted by Crippen LogP contribution is 2.39. The first-order valence-electron chi connectivity index (χ1n) is 6.20. The van der Waals surface area contributed by atoms with E-state index in [1.54, 1.807) is 18.3 Å². The van der Waals surface area contributed by atoms with E-state index in [-0.39, 0.29) is 10.7 Å². The van der Waals surface area contributed by atoms with Gasteiger partial charge in [-0.05, 0) is 31.2 Å². The number of hydrogen-bond donors (Lipinski definition) is 2. The van der Waals surface area contributed by atoms with Crippen molar-refractivity contribution in [2.75, 3.05) is 18.5 Å². The van der Waals surface area contributed by atoms with Crippen molar-refractivity contribution in [3.63, 3.8) is 0 Å². The minimum atomic E-state index is -0.136. The van der Waals surface area contributed by atoms with Crippen molar-refractivity contribution in [2.45, 2.75) is 30.4 Å². The first-order chi connectivity index (χ1) is 8.65. The molecule has 1 aromatic rings. The topological polar surface area (TPSA) is 68.0 Å². The van der Waals surface area contributed by atoms with Crippen LogP contribution in [0, 0.1) is 0 Å². The van der Waals surface area contributed by atoms with E-state index in [9.17, 15) is 4.79 Å². The van der Waals surface area contributed by atoms with Crippen molar-refractivity contribution in [3.8, 4) is 0 Å². The van der Waals surface area contributed by atoms with E-state index in [2.05, 4.69) is 16.6 Å². The van der Waals surface area contributed by atoms with Crippen molar-refractivity contribution in [1.29, 1.82) is 0 Å². The van der Waals surface area contributed by atoms with E-state index < -0.39 is 0 Å². The van der Waals surface area contributed by atoms with Crippen molar-refractivity contribution >= 4 is 23.4 Å². The molecule has 4 nitrogen and oxygen atoms in total. The summed E-state index contributed by atoms with van der Waals surface area (Å²) >= 11 is 1.86. The number of aromatic nitrogens is 1. The molecule has 5 heteroatoms. The molecule has 0 radical (unpaired) electrons. The second-order valence-electron chi connectivity index (χ2n) is 4.75. The Hall–Kier alpha value is -1.23. The van der Waals surface area contributed by atoms with Gasteiger partial charge in [0, 0.05) is 23.2 Å². The number of amides is 1. The van der Waals surface area contributed by atoms with Gasteiger partial charge in [-0.15, -0.1) is 0 Å². The number of nitrogens with two attached hydrogens (primary N) is 1. The second-order valence-corrected chi connectivity index (χ2v) is 6.03. The molecular weight excluding hydrogens is 246 g/mol. The van der Waals surface area contributed by atoms with Gasteiger partial charge in [0.1, 0.15) is 5.69 Å². The predicted octanol–water partition coefficient (Wildman–Crippen LogP) is 2.07. The fourth-order valence-corrected chi connectivity index (χ4v) is 3.29. The Labute approximate surface area is 112 Å². The molecule has 98 valence electrons. The van der Waals surface area contributed by atoms with E-state index in [1.165, 1.54) is 25.7 Å². The second kappa shape index (κ2) is 5.61. The Morgan fingerprint density at radius 3 is 2.89 bits per heavy atom. The number of carbonyl (C=O) groups is 1. The van der Waals surface area contributed by atoms with Crippen LogP contribution in [0.3, 0.4) is 0 Å². The monoisotopic (exact) mass is 265 g/mol. The first kappa shape index (κ1) is 13.2. The van der Waals surface area contributed by atoms with Crippen molar-refractivity contribution < 1.29 is 4.79 Å². The van der Waals surface area contributed by atoms with Gasteiger partial charge >= 0.3 is 0 Å². The lowest BCUT2D eigenvalue weighted by Gasteiger charge is -2.26. The lowest BCUT2D eigenvalue weighted by atomic mass is 10.1. The summed E-state index contributed by atoms with van der Waals surface area (Å²) in [5.41, 5.74) is 6.60. The van der Waals surface area contributed by atoms with E-state index in [4.69, 9.17) is 5.73 Å². The van der Waals surface area contributed by atoms with Crippen molar-refractivity contribution in [2.24, 2.45) is 0 Å². The maximum atomic E-state index is 12.0. The van der Waals surface area contributed by atoms with Crippen LogP contribution in [0.2, 0.25) is 0 Å². The Balaban J connectivity index is 1.96. The number of nitrogens with one attached hydrogen (secondary N) is 1. The van der Waals surface area contributed by atoms with Gasteiger partial charge in [0.25, 0.3) is 5.91 Å². The standard InChI is InChI=1S/C13H19N3OS/c1-18-13(5-2-3-6-13)9-16-12(17)11-8-10(14)4-7-15-11/h4,7-8H,2-3,5-6,9H2,1H3,(H2,14,15)(H,16,17).